The molecule has 3 heterocycles. The van der Waals surface area contributed by atoms with E-state index in [1.807, 2.05) is 46.0 Å². The second-order valence-electron chi connectivity index (χ2n) is 9.45. The van der Waals surface area contributed by atoms with Crippen LogP contribution in [0.4, 0.5) is 0 Å². The minimum absolute atomic E-state index is 0.0410. The van der Waals surface area contributed by atoms with Crippen LogP contribution in [0.1, 0.15) is 55.5 Å². The number of piperidine rings is 1. The number of hydrogen-bond acceptors (Lipinski definition) is 3. The zero-order valence-electron chi connectivity index (χ0n) is 18.4. The lowest BCUT2D eigenvalue weighted by molar-refractivity contribution is -0.141. The highest BCUT2D eigenvalue weighted by Gasteiger charge is 2.65. The maximum absolute atomic E-state index is 13.2. The number of benzene rings is 1. The number of carbonyl (C=O) groups is 3. The molecule has 30 heavy (non-hydrogen) atoms. The Labute approximate surface area is 179 Å². The van der Waals surface area contributed by atoms with Crippen LogP contribution in [0.3, 0.4) is 0 Å². The van der Waals surface area contributed by atoms with E-state index < -0.39 is 5.41 Å². The number of hydrogen-bond donors (Lipinski definition) is 0. The maximum Gasteiger partial charge on any atom is 0.253 e. The molecule has 0 bridgehead atoms. The molecule has 0 aliphatic carbocycles. The summed E-state index contributed by atoms with van der Waals surface area (Å²) in [5.74, 6) is 0.287. The fraction of sp³-hybridized carbons (Fsp3) is 0.625. The van der Waals surface area contributed by atoms with Gasteiger partial charge in [-0.25, -0.2) is 0 Å². The Bertz CT molecular complexity index is 842. The van der Waals surface area contributed by atoms with E-state index in [0.717, 1.165) is 44.2 Å². The smallest absolute Gasteiger partial charge is 0.253 e. The van der Waals surface area contributed by atoms with E-state index in [4.69, 9.17) is 0 Å². The molecule has 3 amide bonds. The zero-order valence-corrected chi connectivity index (χ0v) is 18.4. The Hall–Kier alpha value is -2.37. The van der Waals surface area contributed by atoms with Crippen LogP contribution in [0, 0.1) is 10.8 Å². The van der Waals surface area contributed by atoms with Gasteiger partial charge in [-0.05, 0) is 43.4 Å². The summed E-state index contributed by atoms with van der Waals surface area (Å²) in [4.78, 5) is 44.0. The van der Waals surface area contributed by atoms with E-state index >= 15 is 0 Å². The average molecular weight is 412 g/mol. The van der Waals surface area contributed by atoms with Gasteiger partial charge >= 0.3 is 0 Å². The zero-order chi connectivity index (χ0) is 21.5. The first-order valence-electron chi connectivity index (χ1n) is 11.2. The van der Waals surface area contributed by atoms with Gasteiger partial charge in [0, 0.05) is 57.7 Å². The van der Waals surface area contributed by atoms with Crippen LogP contribution in [-0.2, 0) is 16.0 Å². The molecule has 6 nitrogen and oxygen atoms in total. The summed E-state index contributed by atoms with van der Waals surface area (Å²) < 4.78 is 0. The summed E-state index contributed by atoms with van der Waals surface area (Å²) in [6, 6.07) is 7.96. The Balaban J connectivity index is 1.51. The highest BCUT2D eigenvalue weighted by Crippen LogP contribution is 2.57. The predicted molar refractivity (Wildman–Crippen MR) is 115 cm³/mol. The lowest BCUT2D eigenvalue weighted by atomic mass is 9.60. The SMILES string of the molecule is CCCc1ccc(C(=O)N2CCC3(CC2)CN(C(C)=O)CC32CCN(C)C2=O)cc1. The van der Waals surface area contributed by atoms with Crippen molar-refractivity contribution in [3.05, 3.63) is 35.4 Å². The van der Waals surface area contributed by atoms with Gasteiger partial charge in [-0.1, -0.05) is 25.5 Å². The quantitative estimate of drug-likeness (QED) is 0.768. The van der Waals surface area contributed by atoms with Crippen LogP contribution in [0.5, 0.6) is 0 Å². The normalized spacial score (nSPS) is 25.6. The van der Waals surface area contributed by atoms with Crippen molar-refractivity contribution in [1.29, 1.82) is 0 Å². The molecule has 1 aromatic carbocycles. The van der Waals surface area contributed by atoms with Crippen LogP contribution in [0.25, 0.3) is 0 Å². The van der Waals surface area contributed by atoms with E-state index in [1.165, 1.54) is 5.56 Å². The van der Waals surface area contributed by atoms with Gasteiger partial charge < -0.3 is 14.7 Å². The van der Waals surface area contributed by atoms with Crippen molar-refractivity contribution in [3.63, 3.8) is 0 Å². The highest BCUT2D eigenvalue weighted by atomic mass is 16.2. The largest absolute Gasteiger partial charge is 0.345 e. The Morgan fingerprint density at radius 2 is 1.63 bits per heavy atom. The monoisotopic (exact) mass is 411 g/mol. The van der Waals surface area contributed by atoms with E-state index in [9.17, 15) is 14.4 Å². The minimum atomic E-state index is -0.482. The Morgan fingerprint density at radius 3 is 2.17 bits per heavy atom. The Kier molecular flexibility index (Phi) is 5.37. The van der Waals surface area contributed by atoms with Crippen molar-refractivity contribution in [2.24, 2.45) is 10.8 Å². The third-order valence-electron chi connectivity index (χ3n) is 7.79. The topological polar surface area (TPSA) is 60.9 Å². The maximum atomic E-state index is 13.2. The van der Waals surface area contributed by atoms with E-state index in [1.54, 1.807) is 6.92 Å². The second kappa shape index (κ2) is 7.71. The molecule has 0 saturated carbocycles. The molecular formula is C24H33N3O3. The van der Waals surface area contributed by atoms with Crippen molar-refractivity contribution >= 4 is 17.7 Å². The van der Waals surface area contributed by atoms with Gasteiger partial charge in [-0.3, -0.25) is 14.4 Å². The highest BCUT2D eigenvalue weighted by molar-refractivity contribution is 5.94. The standard InChI is InChI=1S/C24H33N3O3/c1-4-5-19-6-8-20(9-7-19)21(29)26-14-10-23(11-15-26)16-27(18(2)28)17-24(23)12-13-25(3)22(24)30/h6-9H,4-5,10-17H2,1-3H3. The fourth-order valence-corrected chi connectivity index (χ4v) is 5.92. The predicted octanol–water partition coefficient (Wildman–Crippen LogP) is 2.57. The first-order chi connectivity index (χ1) is 14.3. The Morgan fingerprint density at radius 1 is 0.967 bits per heavy atom. The first kappa shape index (κ1) is 20.9. The van der Waals surface area contributed by atoms with Crippen LogP contribution in [0.2, 0.25) is 0 Å². The molecule has 0 N–H and O–H groups in total. The molecular weight excluding hydrogens is 378 g/mol. The van der Waals surface area contributed by atoms with Crippen molar-refractivity contribution in [2.45, 2.75) is 46.0 Å². The van der Waals surface area contributed by atoms with Crippen LogP contribution in [0.15, 0.2) is 24.3 Å². The summed E-state index contributed by atoms with van der Waals surface area (Å²) in [6.07, 6.45) is 4.47. The summed E-state index contributed by atoms with van der Waals surface area (Å²) in [7, 11) is 1.86. The van der Waals surface area contributed by atoms with Gasteiger partial charge in [0.2, 0.25) is 11.8 Å². The summed E-state index contributed by atoms with van der Waals surface area (Å²) in [6.45, 7) is 6.93. The molecule has 6 heteroatoms. The van der Waals surface area contributed by atoms with Crippen molar-refractivity contribution < 1.29 is 14.4 Å². The van der Waals surface area contributed by atoms with Crippen molar-refractivity contribution in [2.75, 3.05) is 39.8 Å². The number of amides is 3. The molecule has 2 spiro atoms. The van der Waals surface area contributed by atoms with Gasteiger partial charge in [-0.15, -0.1) is 0 Å². The molecule has 4 rings (SSSR count). The number of carbonyl (C=O) groups excluding carboxylic acids is 3. The number of aryl methyl sites for hydroxylation is 1. The average Bonchev–Trinajstić information content (AvgIpc) is 3.22. The number of likely N-dealkylation sites (tertiary alicyclic amines) is 3. The van der Waals surface area contributed by atoms with Gasteiger partial charge in [0.15, 0.2) is 0 Å². The number of nitrogens with zero attached hydrogens (tertiary/aromatic N) is 3. The molecule has 3 fully saturated rings. The molecule has 3 aliphatic rings. The van der Waals surface area contributed by atoms with Gasteiger partial charge in [0.1, 0.15) is 0 Å². The molecule has 1 unspecified atom stereocenters. The number of rotatable bonds is 3. The van der Waals surface area contributed by atoms with E-state index in [0.29, 0.717) is 26.2 Å². The fourth-order valence-electron chi connectivity index (χ4n) is 5.92. The first-order valence-corrected chi connectivity index (χ1v) is 11.2. The molecule has 3 aliphatic heterocycles. The third-order valence-corrected chi connectivity index (χ3v) is 7.79. The third kappa shape index (κ3) is 3.21. The van der Waals surface area contributed by atoms with E-state index in [2.05, 4.69) is 6.92 Å². The molecule has 0 radical (unpaired) electrons. The lowest BCUT2D eigenvalue weighted by Gasteiger charge is -2.46. The number of fused-ring (bicyclic) bond motifs is 1. The van der Waals surface area contributed by atoms with Crippen LogP contribution >= 0.6 is 0 Å². The van der Waals surface area contributed by atoms with Gasteiger partial charge in [-0.2, -0.15) is 0 Å². The molecule has 1 atom stereocenters. The molecule has 0 aromatic heterocycles. The lowest BCUT2D eigenvalue weighted by Crippen LogP contribution is -2.53. The molecule has 162 valence electrons. The molecule has 1 aromatic rings. The second-order valence-corrected chi connectivity index (χ2v) is 9.45. The molecule has 3 saturated heterocycles. The summed E-state index contributed by atoms with van der Waals surface area (Å²) in [5.41, 5.74) is 1.29. The van der Waals surface area contributed by atoms with Crippen molar-refractivity contribution in [1.82, 2.24) is 14.7 Å². The van der Waals surface area contributed by atoms with Crippen LogP contribution in [-0.4, -0.2) is 72.2 Å². The minimum Gasteiger partial charge on any atom is -0.345 e. The van der Waals surface area contributed by atoms with Gasteiger partial charge in [0.25, 0.3) is 5.91 Å². The van der Waals surface area contributed by atoms with Gasteiger partial charge in [0.05, 0.1) is 5.41 Å². The van der Waals surface area contributed by atoms with Crippen LogP contribution < -0.4 is 0 Å². The van der Waals surface area contributed by atoms with E-state index in [-0.39, 0.29) is 23.1 Å². The summed E-state index contributed by atoms with van der Waals surface area (Å²) >= 11 is 0. The summed E-state index contributed by atoms with van der Waals surface area (Å²) in [5, 5.41) is 0. The van der Waals surface area contributed by atoms with Crippen molar-refractivity contribution in [3.8, 4) is 0 Å².